The van der Waals surface area contributed by atoms with Gasteiger partial charge in [0.15, 0.2) is 12.4 Å². The minimum absolute atomic E-state index is 0.119. The summed E-state index contributed by atoms with van der Waals surface area (Å²) in [4.78, 5) is 14.2. The van der Waals surface area contributed by atoms with Crippen molar-refractivity contribution in [3.05, 3.63) is 42.0 Å². The van der Waals surface area contributed by atoms with Gasteiger partial charge in [0.05, 0.1) is 18.7 Å². The SMILES string of the molecule is CCn1cnnc1C1CN(C(=O)COc2ccccc2C#N)CCO1. The number of carbonyl (C=O) groups excluding carboxylic acids is 1. The lowest BCUT2D eigenvalue weighted by Gasteiger charge is -2.32. The zero-order valence-corrected chi connectivity index (χ0v) is 14.0. The van der Waals surface area contributed by atoms with Crippen molar-refractivity contribution >= 4 is 5.91 Å². The molecule has 8 heteroatoms. The van der Waals surface area contributed by atoms with Crippen LogP contribution in [0.2, 0.25) is 0 Å². The second kappa shape index (κ2) is 7.77. The molecule has 1 atom stereocenters. The number of hydrogen-bond donors (Lipinski definition) is 0. The van der Waals surface area contributed by atoms with Gasteiger partial charge < -0.3 is 18.9 Å². The summed E-state index contributed by atoms with van der Waals surface area (Å²) in [5, 5.41) is 17.1. The molecule has 1 amide bonds. The van der Waals surface area contributed by atoms with E-state index >= 15 is 0 Å². The third kappa shape index (κ3) is 3.78. The zero-order chi connectivity index (χ0) is 17.6. The zero-order valence-electron chi connectivity index (χ0n) is 14.0. The lowest BCUT2D eigenvalue weighted by molar-refractivity contribution is -0.141. The number of nitrogens with zero attached hydrogens (tertiary/aromatic N) is 5. The molecule has 0 aliphatic carbocycles. The maximum absolute atomic E-state index is 12.5. The molecule has 1 aromatic carbocycles. The minimum atomic E-state index is -0.299. The first kappa shape index (κ1) is 16.9. The Morgan fingerprint density at radius 3 is 3.12 bits per heavy atom. The van der Waals surface area contributed by atoms with Crippen LogP contribution in [0.1, 0.15) is 24.4 Å². The molecule has 2 heterocycles. The third-order valence-electron chi connectivity index (χ3n) is 4.05. The van der Waals surface area contributed by atoms with Crippen LogP contribution in [0.4, 0.5) is 0 Å². The highest BCUT2D eigenvalue weighted by Crippen LogP contribution is 2.21. The first-order chi connectivity index (χ1) is 12.2. The Balaban J connectivity index is 1.61. The van der Waals surface area contributed by atoms with E-state index < -0.39 is 0 Å². The molecule has 130 valence electrons. The summed E-state index contributed by atoms with van der Waals surface area (Å²) < 4.78 is 13.2. The van der Waals surface area contributed by atoms with E-state index in [1.54, 1.807) is 35.5 Å². The highest BCUT2D eigenvalue weighted by molar-refractivity contribution is 5.78. The van der Waals surface area contributed by atoms with Gasteiger partial charge in [-0.15, -0.1) is 10.2 Å². The van der Waals surface area contributed by atoms with Gasteiger partial charge in [-0.3, -0.25) is 4.79 Å². The van der Waals surface area contributed by atoms with Crippen LogP contribution >= 0.6 is 0 Å². The first-order valence-corrected chi connectivity index (χ1v) is 8.12. The normalized spacial score (nSPS) is 17.1. The number of para-hydroxylation sites is 1. The molecule has 2 aromatic rings. The quantitative estimate of drug-likeness (QED) is 0.810. The van der Waals surface area contributed by atoms with E-state index in [4.69, 9.17) is 14.7 Å². The summed E-state index contributed by atoms with van der Waals surface area (Å²) in [5.74, 6) is 0.980. The van der Waals surface area contributed by atoms with Crippen molar-refractivity contribution in [2.75, 3.05) is 26.3 Å². The van der Waals surface area contributed by atoms with Crippen molar-refractivity contribution < 1.29 is 14.3 Å². The van der Waals surface area contributed by atoms with Gasteiger partial charge in [0.1, 0.15) is 24.3 Å². The molecule has 3 rings (SSSR count). The fourth-order valence-electron chi connectivity index (χ4n) is 2.70. The van der Waals surface area contributed by atoms with E-state index in [1.807, 2.05) is 17.6 Å². The van der Waals surface area contributed by atoms with E-state index in [0.29, 0.717) is 31.0 Å². The molecule has 1 unspecified atom stereocenters. The number of carbonyl (C=O) groups is 1. The Bertz CT molecular complexity index is 783. The van der Waals surface area contributed by atoms with Crippen molar-refractivity contribution in [2.24, 2.45) is 0 Å². The van der Waals surface area contributed by atoms with Crippen LogP contribution in [0.25, 0.3) is 0 Å². The smallest absolute Gasteiger partial charge is 0.260 e. The number of rotatable bonds is 5. The summed E-state index contributed by atoms with van der Waals surface area (Å²) >= 11 is 0. The molecular formula is C17H19N5O3. The monoisotopic (exact) mass is 341 g/mol. The van der Waals surface area contributed by atoms with Crippen molar-refractivity contribution in [3.8, 4) is 11.8 Å². The van der Waals surface area contributed by atoms with Crippen LogP contribution < -0.4 is 4.74 Å². The Morgan fingerprint density at radius 1 is 1.48 bits per heavy atom. The molecular weight excluding hydrogens is 322 g/mol. The van der Waals surface area contributed by atoms with Gasteiger partial charge in [0, 0.05) is 13.1 Å². The molecule has 8 nitrogen and oxygen atoms in total. The van der Waals surface area contributed by atoms with Crippen molar-refractivity contribution in [1.82, 2.24) is 19.7 Å². The van der Waals surface area contributed by atoms with Crippen LogP contribution in [0, 0.1) is 11.3 Å². The van der Waals surface area contributed by atoms with Gasteiger partial charge in [-0.1, -0.05) is 12.1 Å². The topological polar surface area (TPSA) is 93.3 Å². The highest BCUT2D eigenvalue weighted by Gasteiger charge is 2.28. The average Bonchev–Trinajstić information content (AvgIpc) is 3.15. The van der Waals surface area contributed by atoms with Crippen molar-refractivity contribution in [3.63, 3.8) is 0 Å². The lowest BCUT2D eigenvalue weighted by atomic mass is 10.2. The Hall–Kier alpha value is -2.92. The summed E-state index contributed by atoms with van der Waals surface area (Å²) in [7, 11) is 0. The molecule has 1 aliphatic heterocycles. The molecule has 0 N–H and O–H groups in total. The van der Waals surface area contributed by atoms with E-state index in [2.05, 4.69) is 10.2 Å². The van der Waals surface area contributed by atoms with Gasteiger partial charge in [-0.25, -0.2) is 0 Å². The number of aromatic nitrogens is 3. The molecule has 1 aliphatic rings. The maximum Gasteiger partial charge on any atom is 0.260 e. The Kier molecular flexibility index (Phi) is 5.26. The summed E-state index contributed by atoms with van der Waals surface area (Å²) in [5.41, 5.74) is 0.409. The second-order valence-electron chi connectivity index (χ2n) is 5.57. The highest BCUT2D eigenvalue weighted by atomic mass is 16.5. The molecule has 0 bridgehead atoms. The number of nitriles is 1. The molecule has 25 heavy (non-hydrogen) atoms. The van der Waals surface area contributed by atoms with Gasteiger partial charge >= 0.3 is 0 Å². The van der Waals surface area contributed by atoms with Crippen LogP contribution in [0.3, 0.4) is 0 Å². The number of amides is 1. The predicted octanol–water partition coefficient (Wildman–Crippen LogP) is 1.15. The van der Waals surface area contributed by atoms with Crippen LogP contribution in [0.15, 0.2) is 30.6 Å². The van der Waals surface area contributed by atoms with Gasteiger partial charge in [-0.05, 0) is 19.1 Å². The van der Waals surface area contributed by atoms with Crippen molar-refractivity contribution in [2.45, 2.75) is 19.6 Å². The van der Waals surface area contributed by atoms with E-state index in [0.717, 1.165) is 12.4 Å². The summed E-state index contributed by atoms with van der Waals surface area (Å²) in [6.45, 7) is 3.95. The van der Waals surface area contributed by atoms with Gasteiger partial charge in [-0.2, -0.15) is 5.26 Å². The molecule has 0 radical (unpaired) electrons. The second-order valence-corrected chi connectivity index (χ2v) is 5.57. The number of hydrogen-bond acceptors (Lipinski definition) is 6. The standard InChI is InChI=1S/C17H19N5O3/c1-2-21-12-19-20-17(21)15-10-22(7-8-24-15)16(23)11-25-14-6-4-3-5-13(14)9-18/h3-6,12,15H,2,7-8,10-11H2,1H3. The Labute approximate surface area is 145 Å². The molecule has 0 saturated carbocycles. The number of benzene rings is 1. The largest absolute Gasteiger partial charge is 0.482 e. The van der Waals surface area contributed by atoms with E-state index in [1.165, 1.54) is 0 Å². The van der Waals surface area contributed by atoms with Crippen LogP contribution in [0.5, 0.6) is 5.75 Å². The fourth-order valence-corrected chi connectivity index (χ4v) is 2.70. The molecule has 1 saturated heterocycles. The van der Waals surface area contributed by atoms with Gasteiger partial charge in [0.2, 0.25) is 0 Å². The van der Waals surface area contributed by atoms with E-state index in [-0.39, 0.29) is 18.6 Å². The molecule has 1 fully saturated rings. The minimum Gasteiger partial charge on any atom is -0.482 e. The van der Waals surface area contributed by atoms with Crippen molar-refractivity contribution in [1.29, 1.82) is 5.26 Å². The van der Waals surface area contributed by atoms with E-state index in [9.17, 15) is 4.79 Å². The number of morpholine rings is 1. The third-order valence-corrected chi connectivity index (χ3v) is 4.05. The average molecular weight is 341 g/mol. The lowest BCUT2D eigenvalue weighted by Crippen LogP contribution is -2.44. The van der Waals surface area contributed by atoms with Crippen LogP contribution in [-0.2, 0) is 16.1 Å². The number of aryl methyl sites for hydroxylation is 1. The first-order valence-electron chi connectivity index (χ1n) is 8.12. The maximum atomic E-state index is 12.5. The Morgan fingerprint density at radius 2 is 2.32 bits per heavy atom. The summed E-state index contributed by atoms with van der Waals surface area (Å²) in [6.07, 6.45) is 1.35. The summed E-state index contributed by atoms with van der Waals surface area (Å²) in [6, 6.07) is 8.90. The molecule has 1 aromatic heterocycles. The number of ether oxygens (including phenoxy) is 2. The predicted molar refractivity (Wildman–Crippen MR) is 87.6 cm³/mol. The van der Waals surface area contributed by atoms with Crippen LogP contribution in [-0.4, -0.2) is 51.9 Å². The molecule has 0 spiro atoms. The van der Waals surface area contributed by atoms with Gasteiger partial charge in [0.25, 0.3) is 5.91 Å². The fraction of sp³-hybridized carbons (Fsp3) is 0.412.